The van der Waals surface area contributed by atoms with Crippen LogP contribution in [0.15, 0.2) is 77.7 Å². The maximum atomic E-state index is 14.0. The normalized spacial score (nSPS) is 14.3. The van der Waals surface area contributed by atoms with Gasteiger partial charge < -0.3 is 15.0 Å². The number of hydrogen-bond donors (Lipinski definition) is 1. The Kier molecular flexibility index (Phi) is 9.94. The lowest BCUT2D eigenvalue weighted by atomic mass is 10.1. The van der Waals surface area contributed by atoms with E-state index in [4.69, 9.17) is 16.3 Å². The summed E-state index contributed by atoms with van der Waals surface area (Å²) in [6.45, 7) is 3.07. The zero-order valence-electron chi connectivity index (χ0n) is 23.5. The lowest BCUT2D eigenvalue weighted by Crippen LogP contribution is -2.52. The molecule has 0 spiro atoms. The van der Waals surface area contributed by atoms with Crippen molar-refractivity contribution in [1.29, 1.82) is 0 Å². The Morgan fingerprint density at radius 1 is 1.02 bits per heavy atom. The summed E-state index contributed by atoms with van der Waals surface area (Å²) in [5, 5.41) is 3.45. The summed E-state index contributed by atoms with van der Waals surface area (Å²) < 4.78 is 34.0. The van der Waals surface area contributed by atoms with Crippen molar-refractivity contribution in [2.75, 3.05) is 18.0 Å². The van der Waals surface area contributed by atoms with Crippen molar-refractivity contribution in [3.8, 4) is 5.75 Å². The van der Waals surface area contributed by atoms with Crippen LogP contribution in [0.2, 0.25) is 5.02 Å². The Bertz CT molecular complexity index is 1460. The highest BCUT2D eigenvalue weighted by molar-refractivity contribution is 7.92. The van der Waals surface area contributed by atoms with Gasteiger partial charge >= 0.3 is 0 Å². The molecular weight excluding hydrogens is 562 g/mol. The van der Waals surface area contributed by atoms with Gasteiger partial charge in [0.15, 0.2) is 0 Å². The Balaban J connectivity index is 1.69. The van der Waals surface area contributed by atoms with E-state index < -0.39 is 28.5 Å². The maximum absolute atomic E-state index is 14.0. The SMILES string of the molecule is COc1ccc(CN(C(=O)CN(c2ccc(C)c(Cl)c2)S(=O)(=O)c2ccccc2)C(C)C(=O)NC2CCCC2)cc1. The third-order valence-corrected chi connectivity index (χ3v) is 9.63. The first-order valence-corrected chi connectivity index (χ1v) is 15.5. The molecule has 1 aliphatic carbocycles. The van der Waals surface area contributed by atoms with Crippen LogP contribution in [-0.4, -0.2) is 50.9 Å². The average molecular weight is 598 g/mol. The van der Waals surface area contributed by atoms with Gasteiger partial charge in [-0.15, -0.1) is 0 Å². The van der Waals surface area contributed by atoms with E-state index in [1.807, 2.05) is 19.1 Å². The van der Waals surface area contributed by atoms with Crippen LogP contribution in [0.4, 0.5) is 5.69 Å². The van der Waals surface area contributed by atoms with Gasteiger partial charge in [0.2, 0.25) is 11.8 Å². The summed E-state index contributed by atoms with van der Waals surface area (Å²) in [7, 11) is -2.58. The van der Waals surface area contributed by atoms with Crippen LogP contribution in [0.3, 0.4) is 0 Å². The number of amides is 2. The molecule has 0 bridgehead atoms. The Morgan fingerprint density at radius 2 is 1.68 bits per heavy atom. The smallest absolute Gasteiger partial charge is 0.264 e. The Hall–Kier alpha value is -3.56. The number of sulfonamides is 1. The fourth-order valence-electron chi connectivity index (χ4n) is 4.89. The molecule has 1 N–H and O–H groups in total. The standard InChI is InChI=1S/C31H36ClN3O5S/c1-22-13-16-26(19-29(22)32)35(41(38,39)28-11-5-4-6-12-28)21-30(36)34(20-24-14-17-27(40-3)18-15-24)23(2)31(37)33-25-9-7-8-10-25/h4-6,11-19,23,25H,7-10,20-21H2,1-3H3,(H,33,37). The van der Waals surface area contributed by atoms with Crippen molar-refractivity contribution >= 4 is 39.1 Å². The minimum atomic E-state index is -4.15. The molecule has 218 valence electrons. The van der Waals surface area contributed by atoms with Crippen molar-refractivity contribution in [1.82, 2.24) is 10.2 Å². The fourth-order valence-corrected chi connectivity index (χ4v) is 6.49. The Labute approximate surface area is 247 Å². The molecule has 0 radical (unpaired) electrons. The summed E-state index contributed by atoms with van der Waals surface area (Å²) in [6, 6.07) is 19.2. The average Bonchev–Trinajstić information content (AvgIpc) is 3.49. The summed E-state index contributed by atoms with van der Waals surface area (Å²) in [5.74, 6) is -0.129. The number of methoxy groups -OCH3 is 1. The summed E-state index contributed by atoms with van der Waals surface area (Å²) in [6.07, 6.45) is 3.92. The molecule has 2 amide bonds. The van der Waals surface area contributed by atoms with Crippen molar-refractivity contribution in [3.63, 3.8) is 0 Å². The number of ether oxygens (including phenoxy) is 1. The number of hydrogen-bond acceptors (Lipinski definition) is 5. The zero-order chi connectivity index (χ0) is 29.6. The predicted molar refractivity (Wildman–Crippen MR) is 161 cm³/mol. The molecule has 0 saturated heterocycles. The number of nitrogens with one attached hydrogen (secondary N) is 1. The first-order valence-electron chi connectivity index (χ1n) is 13.7. The van der Waals surface area contributed by atoms with Crippen LogP contribution in [0.5, 0.6) is 5.75 Å². The molecule has 0 aliphatic heterocycles. The van der Waals surface area contributed by atoms with Gasteiger partial charge in [0.05, 0.1) is 17.7 Å². The Morgan fingerprint density at radius 3 is 2.29 bits per heavy atom. The van der Waals surface area contributed by atoms with E-state index in [-0.39, 0.29) is 29.1 Å². The van der Waals surface area contributed by atoms with Gasteiger partial charge in [-0.2, -0.15) is 0 Å². The number of nitrogens with zero attached hydrogens (tertiary/aromatic N) is 2. The van der Waals surface area contributed by atoms with E-state index in [1.165, 1.54) is 23.1 Å². The number of carbonyl (C=O) groups is 2. The maximum Gasteiger partial charge on any atom is 0.264 e. The summed E-state index contributed by atoms with van der Waals surface area (Å²) >= 11 is 6.38. The molecule has 1 atom stereocenters. The van der Waals surface area contributed by atoms with E-state index in [1.54, 1.807) is 56.5 Å². The first-order chi connectivity index (χ1) is 19.6. The first kappa shape index (κ1) is 30.4. The number of carbonyl (C=O) groups excluding carboxylic acids is 2. The molecular formula is C31H36ClN3O5S. The molecule has 8 nitrogen and oxygen atoms in total. The van der Waals surface area contributed by atoms with Crippen LogP contribution >= 0.6 is 11.6 Å². The minimum absolute atomic E-state index is 0.0400. The highest BCUT2D eigenvalue weighted by atomic mass is 35.5. The van der Waals surface area contributed by atoms with Crippen LogP contribution in [-0.2, 0) is 26.2 Å². The fraction of sp³-hybridized carbons (Fsp3) is 0.355. The van der Waals surface area contributed by atoms with Crippen LogP contribution in [0.1, 0.15) is 43.7 Å². The molecule has 4 rings (SSSR count). The molecule has 0 aromatic heterocycles. The van der Waals surface area contributed by atoms with E-state index in [2.05, 4.69) is 5.32 Å². The van der Waals surface area contributed by atoms with Crippen molar-refractivity contribution in [2.45, 2.75) is 63.1 Å². The molecule has 3 aromatic carbocycles. The highest BCUT2D eigenvalue weighted by Gasteiger charge is 2.33. The van der Waals surface area contributed by atoms with Gasteiger partial charge in [-0.1, -0.05) is 60.8 Å². The van der Waals surface area contributed by atoms with E-state index in [0.717, 1.165) is 41.1 Å². The minimum Gasteiger partial charge on any atom is -0.497 e. The molecule has 3 aromatic rings. The highest BCUT2D eigenvalue weighted by Crippen LogP contribution is 2.29. The zero-order valence-corrected chi connectivity index (χ0v) is 25.1. The second-order valence-electron chi connectivity index (χ2n) is 10.3. The molecule has 1 saturated carbocycles. The predicted octanol–water partition coefficient (Wildman–Crippen LogP) is 5.33. The number of benzene rings is 3. The second-order valence-corrected chi connectivity index (χ2v) is 12.6. The molecule has 41 heavy (non-hydrogen) atoms. The second kappa shape index (κ2) is 13.4. The summed E-state index contributed by atoms with van der Waals surface area (Å²) in [5.41, 5.74) is 1.80. The quantitative estimate of drug-likeness (QED) is 0.322. The van der Waals surface area contributed by atoms with Crippen LogP contribution in [0, 0.1) is 6.92 Å². The third kappa shape index (κ3) is 7.40. The van der Waals surface area contributed by atoms with Gasteiger partial charge in [0.1, 0.15) is 18.3 Å². The van der Waals surface area contributed by atoms with Crippen molar-refractivity contribution in [3.05, 3.63) is 88.9 Å². The van der Waals surface area contributed by atoms with Crippen molar-refractivity contribution in [2.24, 2.45) is 0 Å². The molecule has 1 fully saturated rings. The van der Waals surface area contributed by atoms with Gasteiger partial charge in [-0.25, -0.2) is 8.42 Å². The lowest BCUT2D eigenvalue weighted by molar-refractivity contribution is -0.139. The summed E-state index contributed by atoms with van der Waals surface area (Å²) in [4.78, 5) is 28.8. The van der Waals surface area contributed by atoms with Gasteiger partial charge in [-0.3, -0.25) is 13.9 Å². The van der Waals surface area contributed by atoms with Crippen molar-refractivity contribution < 1.29 is 22.7 Å². The molecule has 1 aliphatic rings. The van der Waals surface area contributed by atoms with Gasteiger partial charge in [-0.05, 0) is 74.2 Å². The molecule has 1 unspecified atom stereocenters. The third-order valence-electron chi connectivity index (χ3n) is 7.43. The van der Waals surface area contributed by atoms with E-state index in [0.29, 0.717) is 10.8 Å². The van der Waals surface area contributed by atoms with Gasteiger partial charge in [0, 0.05) is 17.6 Å². The molecule has 0 heterocycles. The largest absolute Gasteiger partial charge is 0.497 e. The van der Waals surface area contributed by atoms with E-state index >= 15 is 0 Å². The number of rotatable bonds is 11. The van der Waals surface area contributed by atoms with Crippen LogP contribution in [0.25, 0.3) is 0 Å². The molecule has 10 heteroatoms. The number of aryl methyl sites for hydroxylation is 1. The van der Waals surface area contributed by atoms with E-state index in [9.17, 15) is 18.0 Å². The topological polar surface area (TPSA) is 96.0 Å². The number of halogens is 1. The van der Waals surface area contributed by atoms with Gasteiger partial charge in [0.25, 0.3) is 10.0 Å². The lowest BCUT2D eigenvalue weighted by Gasteiger charge is -2.32. The van der Waals surface area contributed by atoms with Crippen LogP contribution < -0.4 is 14.4 Å². The monoisotopic (exact) mass is 597 g/mol. The number of anilines is 1.